The van der Waals surface area contributed by atoms with Crippen molar-refractivity contribution in [3.8, 4) is 0 Å². The Labute approximate surface area is 227 Å². The topological polar surface area (TPSA) is 152 Å². The number of methoxy groups -OCH3 is 1. The van der Waals surface area contributed by atoms with Crippen LogP contribution in [0.25, 0.3) is 0 Å². The van der Waals surface area contributed by atoms with E-state index in [0.717, 1.165) is 22.6 Å². The lowest BCUT2D eigenvalue weighted by Crippen LogP contribution is -2.16. The highest BCUT2D eigenvalue weighted by molar-refractivity contribution is 7.17. The van der Waals surface area contributed by atoms with Crippen LogP contribution in [0.2, 0.25) is 0 Å². The summed E-state index contributed by atoms with van der Waals surface area (Å²) in [6.45, 7) is 8.11. The van der Waals surface area contributed by atoms with E-state index >= 15 is 0 Å². The maximum absolute atomic E-state index is 12.6. The lowest BCUT2D eigenvalue weighted by molar-refractivity contribution is -0.00985. The third kappa shape index (κ3) is 12.7. The van der Waals surface area contributed by atoms with E-state index in [1.807, 2.05) is 19.1 Å². The molecule has 0 atom stereocenters. The van der Waals surface area contributed by atoms with Crippen LogP contribution in [0.15, 0.2) is 24.4 Å². The van der Waals surface area contributed by atoms with Gasteiger partial charge >= 0.3 is 5.97 Å². The number of ether oxygens (including phenoxy) is 6. The van der Waals surface area contributed by atoms with Gasteiger partial charge in [-0.2, -0.15) is 0 Å². The SMILES string of the molecule is COC(=O)c1cnc(NC(=O)c2ccc(NCCOCCOCCOCCOCCOCCN)cc2C)s1. The van der Waals surface area contributed by atoms with Gasteiger partial charge in [-0.05, 0) is 30.7 Å². The van der Waals surface area contributed by atoms with Crippen LogP contribution in [0.4, 0.5) is 10.8 Å². The van der Waals surface area contributed by atoms with Gasteiger partial charge in [-0.15, -0.1) is 0 Å². The fourth-order valence-corrected chi connectivity index (χ4v) is 3.78. The molecule has 1 heterocycles. The number of esters is 1. The van der Waals surface area contributed by atoms with E-state index in [2.05, 4.69) is 20.4 Å². The molecule has 0 fully saturated rings. The van der Waals surface area contributed by atoms with Crippen molar-refractivity contribution in [2.45, 2.75) is 6.92 Å². The Morgan fingerprint density at radius 1 is 0.895 bits per heavy atom. The number of benzene rings is 1. The molecule has 0 radical (unpaired) electrons. The predicted molar refractivity (Wildman–Crippen MR) is 144 cm³/mol. The lowest BCUT2D eigenvalue weighted by Gasteiger charge is -2.11. The summed E-state index contributed by atoms with van der Waals surface area (Å²) < 4.78 is 31.7. The highest BCUT2D eigenvalue weighted by atomic mass is 32.1. The normalized spacial score (nSPS) is 10.9. The van der Waals surface area contributed by atoms with Crippen LogP contribution in [0.1, 0.15) is 25.6 Å². The van der Waals surface area contributed by atoms with Crippen molar-refractivity contribution in [3.05, 3.63) is 40.4 Å². The van der Waals surface area contributed by atoms with Crippen molar-refractivity contribution < 1.29 is 38.0 Å². The zero-order chi connectivity index (χ0) is 27.4. The first-order valence-corrected chi connectivity index (χ1v) is 13.2. The smallest absolute Gasteiger partial charge is 0.349 e. The Kier molecular flexibility index (Phi) is 16.1. The number of nitrogens with zero attached hydrogens (tertiary/aromatic N) is 1. The second-order valence-corrected chi connectivity index (χ2v) is 8.81. The molecule has 4 N–H and O–H groups in total. The molecule has 212 valence electrons. The first kappa shape index (κ1) is 31.6. The number of rotatable bonds is 21. The molecule has 1 amide bonds. The van der Waals surface area contributed by atoms with Crippen LogP contribution in [-0.4, -0.2) is 103 Å². The number of amides is 1. The van der Waals surface area contributed by atoms with Gasteiger partial charge in [-0.25, -0.2) is 9.78 Å². The molecule has 2 aromatic rings. The van der Waals surface area contributed by atoms with Crippen LogP contribution in [-0.2, 0) is 28.4 Å². The van der Waals surface area contributed by atoms with Crippen molar-refractivity contribution in [1.29, 1.82) is 0 Å². The molecule has 2 rings (SSSR count). The fourth-order valence-electron chi connectivity index (χ4n) is 3.05. The number of anilines is 2. The van der Waals surface area contributed by atoms with Crippen molar-refractivity contribution in [2.75, 3.05) is 96.9 Å². The molecule has 1 aromatic heterocycles. The molecular formula is C25H38N4O8S. The molecule has 0 saturated heterocycles. The van der Waals surface area contributed by atoms with E-state index in [-0.39, 0.29) is 5.91 Å². The maximum atomic E-state index is 12.6. The summed E-state index contributed by atoms with van der Waals surface area (Å²) in [4.78, 5) is 28.5. The number of aryl methyl sites for hydroxylation is 1. The van der Waals surface area contributed by atoms with Gasteiger partial charge in [0.2, 0.25) is 0 Å². The summed E-state index contributed by atoms with van der Waals surface area (Å²) in [5.41, 5.74) is 7.52. The van der Waals surface area contributed by atoms with Gasteiger partial charge in [-0.1, -0.05) is 11.3 Å². The molecular weight excluding hydrogens is 516 g/mol. The lowest BCUT2D eigenvalue weighted by atomic mass is 10.1. The van der Waals surface area contributed by atoms with Gasteiger partial charge in [0, 0.05) is 24.3 Å². The van der Waals surface area contributed by atoms with Crippen molar-refractivity contribution in [1.82, 2.24) is 4.98 Å². The first-order valence-electron chi connectivity index (χ1n) is 12.3. The minimum Gasteiger partial charge on any atom is -0.465 e. The third-order valence-corrected chi connectivity index (χ3v) is 5.80. The summed E-state index contributed by atoms with van der Waals surface area (Å²) in [5, 5.41) is 6.31. The minimum absolute atomic E-state index is 0.300. The van der Waals surface area contributed by atoms with Gasteiger partial charge in [0.15, 0.2) is 5.13 Å². The van der Waals surface area contributed by atoms with Gasteiger partial charge in [0.1, 0.15) is 4.88 Å². The first-order chi connectivity index (χ1) is 18.5. The Morgan fingerprint density at radius 3 is 2.03 bits per heavy atom. The van der Waals surface area contributed by atoms with E-state index in [9.17, 15) is 9.59 Å². The summed E-state index contributed by atoms with van der Waals surface area (Å²) in [7, 11) is 1.29. The molecule has 13 heteroatoms. The predicted octanol–water partition coefficient (Wildman–Crippen LogP) is 1.94. The van der Waals surface area contributed by atoms with Crippen LogP contribution < -0.4 is 16.4 Å². The summed E-state index contributed by atoms with van der Waals surface area (Å²) >= 11 is 1.06. The van der Waals surface area contributed by atoms with E-state index in [4.69, 9.17) is 29.4 Å². The van der Waals surface area contributed by atoms with Crippen LogP contribution in [0, 0.1) is 6.92 Å². The largest absolute Gasteiger partial charge is 0.465 e. The number of nitrogens with two attached hydrogens (primary N) is 1. The Hall–Kier alpha value is -2.65. The molecule has 0 saturated carbocycles. The highest BCUT2D eigenvalue weighted by Crippen LogP contribution is 2.21. The monoisotopic (exact) mass is 554 g/mol. The van der Waals surface area contributed by atoms with E-state index < -0.39 is 5.97 Å². The van der Waals surface area contributed by atoms with Gasteiger partial charge < -0.3 is 39.5 Å². The molecule has 0 spiro atoms. The zero-order valence-electron chi connectivity index (χ0n) is 22.0. The number of thiazole rings is 1. The average molecular weight is 555 g/mol. The Bertz CT molecular complexity index is 959. The van der Waals surface area contributed by atoms with E-state index in [1.54, 1.807) is 6.07 Å². The highest BCUT2D eigenvalue weighted by Gasteiger charge is 2.15. The molecule has 1 aromatic carbocycles. The minimum atomic E-state index is -0.491. The number of hydrogen-bond acceptors (Lipinski definition) is 12. The quantitative estimate of drug-likeness (QED) is 0.153. The summed E-state index contributed by atoms with van der Waals surface area (Å²) in [6.07, 6.45) is 1.37. The molecule has 12 nitrogen and oxygen atoms in total. The molecule has 0 unspecified atom stereocenters. The van der Waals surface area contributed by atoms with Gasteiger partial charge in [0.05, 0.1) is 79.4 Å². The van der Waals surface area contributed by atoms with Crippen LogP contribution in [0.5, 0.6) is 0 Å². The maximum Gasteiger partial charge on any atom is 0.349 e. The van der Waals surface area contributed by atoms with E-state index in [1.165, 1.54) is 13.3 Å². The zero-order valence-corrected chi connectivity index (χ0v) is 22.8. The van der Waals surface area contributed by atoms with Crippen molar-refractivity contribution in [3.63, 3.8) is 0 Å². The van der Waals surface area contributed by atoms with Crippen molar-refractivity contribution >= 4 is 34.0 Å². The molecule has 0 aliphatic heterocycles. The Balaban J connectivity index is 1.49. The van der Waals surface area contributed by atoms with Crippen molar-refractivity contribution in [2.24, 2.45) is 5.73 Å². The van der Waals surface area contributed by atoms with E-state index in [0.29, 0.717) is 94.7 Å². The molecule has 38 heavy (non-hydrogen) atoms. The summed E-state index contributed by atoms with van der Waals surface area (Å²) in [5.74, 6) is -0.791. The second kappa shape index (κ2) is 19.4. The molecule has 0 aliphatic rings. The Morgan fingerprint density at radius 2 is 1.47 bits per heavy atom. The number of nitrogens with one attached hydrogen (secondary N) is 2. The number of carbonyl (C=O) groups excluding carboxylic acids is 2. The van der Waals surface area contributed by atoms with Crippen LogP contribution in [0.3, 0.4) is 0 Å². The standard InChI is InChI=1S/C25H38N4O8S/c1-19-17-20(3-4-21(19)23(30)29-25-28-18-22(38-25)24(31)32-2)27-6-8-34-10-12-36-14-16-37-15-13-35-11-9-33-7-5-26/h3-4,17-18,27H,5-16,26H2,1-2H3,(H,28,29,30). The summed E-state index contributed by atoms with van der Waals surface area (Å²) in [6, 6.07) is 5.45. The average Bonchev–Trinajstić information content (AvgIpc) is 3.38. The van der Waals surface area contributed by atoms with Crippen LogP contribution >= 0.6 is 11.3 Å². The van der Waals surface area contributed by atoms with Gasteiger partial charge in [0.25, 0.3) is 5.91 Å². The second-order valence-electron chi connectivity index (χ2n) is 7.78. The van der Waals surface area contributed by atoms with Gasteiger partial charge in [-0.3, -0.25) is 10.1 Å². The number of aromatic nitrogens is 1. The number of hydrogen-bond donors (Lipinski definition) is 3. The fraction of sp³-hybridized carbons (Fsp3) is 0.560. The number of carbonyl (C=O) groups is 2. The third-order valence-electron chi connectivity index (χ3n) is 4.91. The molecule has 0 bridgehead atoms. The molecule has 0 aliphatic carbocycles.